The summed E-state index contributed by atoms with van der Waals surface area (Å²) in [5, 5.41) is 0. The Morgan fingerprint density at radius 3 is 2.50 bits per heavy atom. The lowest BCUT2D eigenvalue weighted by Crippen LogP contribution is -2.25. The van der Waals surface area contributed by atoms with E-state index < -0.39 is 0 Å². The molecule has 1 unspecified atom stereocenters. The van der Waals surface area contributed by atoms with Gasteiger partial charge in [-0.3, -0.25) is 4.79 Å². The second kappa shape index (κ2) is 8.11. The first-order chi connectivity index (χ1) is 7.67. The number of aryl methyl sites for hydroxylation is 1. The minimum absolute atomic E-state index is 0.0334. The van der Waals surface area contributed by atoms with Gasteiger partial charge in [-0.05, 0) is 18.9 Å². The number of methoxy groups -OCH3 is 1. The Labute approximate surface area is 98.1 Å². The minimum atomic E-state index is 0.0334. The zero-order valence-electron chi connectivity index (χ0n) is 11.0. The molecule has 0 fully saturated rings. The van der Waals surface area contributed by atoms with E-state index in [1.807, 2.05) is 33.0 Å². The van der Waals surface area contributed by atoms with Crippen LogP contribution < -0.4 is 5.56 Å². The SMILES string of the molecule is CC.CCc1ccc(=O)n(CC(C)OC)c1. The lowest BCUT2D eigenvalue weighted by atomic mass is 10.2. The molecule has 1 aromatic rings. The van der Waals surface area contributed by atoms with Crippen molar-refractivity contribution in [1.82, 2.24) is 4.57 Å². The van der Waals surface area contributed by atoms with Crippen LogP contribution in [-0.2, 0) is 17.7 Å². The molecular weight excluding hydrogens is 202 g/mol. The maximum atomic E-state index is 11.4. The molecule has 1 atom stereocenters. The van der Waals surface area contributed by atoms with Crippen LogP contribution in [0.15, 0.2) is 23.1 Å². The van der Waals surface area contributed by atoms with Crippen molar-refractivity contribution in [3.8, 4) is 0 Å². The summed E-state index contributed by atoms with van der Waals surface area (Å²) in [6.07, 6.45) is 2.92. The van der Waals surface area contributed by atoms with E-state index in [0.29, 0.717) is 6.54 Å². The number of nitrogens with zero attached hydrogens (tertiary/aromatic N) is 1. The highest BCUT2D eigenvalue weighted by Gasteiger charge is 2.02. The zero-order valence-corrected chi connectivity index (χ0v) is 11.0. The van der Waals surface area contributed by atoms with Crippen LogP contribution in [0.3, 0.4) is 0 Å². The quantitative estimate of drug-likeness (QED) is 0.788. The first kappa shape index (κ1) is 14.9. The van der Waals surface area contributed by atoms with Crippen molar-refractivity contribution in [3.63, 3.8) is 0 Å². The van der Waals surface area contributed by atoms with Gasteiger partial charge in [0, 0.05) is 19.4 Å². The number of aromatic nitrogens is 1. The van der Waals surface area contributed by atoms with Crippen molar-refractivity contribution in [2.24, 2.45) is 0 Å². The fourth-order valence-corrected chi connectivity index (χ4v) is 1.28. The zero-order chi connectivity index (χ0) is 12.6. The summed E-state index contributed by atoms with van der Waals surface area (Å²) >= 11 is 0. The Morgan fingerprint density at radius 2 is 2.00 bits per heavy atom. The van der Waals surface area contributed by atoms with Crippen molar-refractivity contribution in [2.75, 3.05) is 7.11 Å². The molecule has 3 heteroatoms. The van der Waals surface area contributed by atoms with E-state index in [1.165, 1.54) is 5.56 Å². The van der Waals surface area contributed by atoms with Gasteiger partial charge in [0.05, 0.1) is 12.6 Å². The molecule has 92 valence electrons. The molecule has 0 aromatic carbocycles. The lowest BCUT2D eigenvalue weighted by Gasteiger charge is -2.12. The topological polar surface area (TPSA) is 31.2 Å². The summed E-state index contributed by atoms with van der Waals surface area (Å²) in [5.41, 5.74) is 1.21. The molecule has 3 nitrogen and oxygen atoms in total. The number of rotatable bonds is 4. The van der Waals surface area contributed by atoms with Crippen LogP contribution in [0, 0.1) is 0 Å². The molecule has 16 heavy (non-hydrogen) atoms. The average Bonchev–Trinajstić information content (AvgIpc) is 2.34. The summed E-state index contributed by atoms with van der Waals surface area (Å²) in [6.45, 7) is 8.64. The van der Waals surface area contributed by atoms with Gasteiger partial charge >= 0.3 is 0 Å². The maximum absolute atomic E-state index is 11.4. The third-order valence-electron chi connectivity index (χ3n) is 2.31. The van der Waals surface area contributed by atoms with Gasteiger partial charge < -0.3 is 9.30 Å². The van der Waals surface area contributed by atoms with E-state index in [-0.39, 0.29) is 11.7 Å². The molecule has 0 spiro atoms. The van der Waals surface area contributed by atoms with E-state index in [2.05, 4.69) is 6.92 Å². The predicted octanol–water partition coefficient (Wildman–Crippen LogP) is 2.47. The Bertz CT molecular complexity index is 344. The van der Waals surface area contributed by atoms with Crippen LogP contribution in [0.4, 0.5) is 0 Å². The Morgan fingerprint density at radius 1 is 1.38 bits per heavy atom. The van der Waals surface area contributed by atoms with Gasteiger partial charge in [-0.25, -0.2) is 0 Å². The van der Waals surface area contributed by atoms with Crippen molar-refractivity contribution >= 4 is 0 Å². The summed E-state index contributed by atoms with van der Waals surface area (Å²) in [4.78, 5) is 11.4. The number of pyridine rings is 1. The second-order valence-corrected chi connectivity index (χ2v) is 3.43. The number of hydrogen-bond acceptors (Lipinski definition) is 2. The second-order valence-electron chi connectivity index (χ2n) is 3.43. The van der Waals surface area contributed by atoms with E-state index in [9.17, 15) is 4.79 Å². The normalized spacial score (nSPS) is 11.6. The summed E-state index contributed by atoms with van der Waals surface area (Å²) in [7, 11) is 1.65. The number of hydrogen-bond donors (Lipinski definition) is 0. The molecular formula is C13H23NO2. The highest BCUT2D eigenvalue weighted by atomic mass is 16.5. The molecule has 0 saturated heterocycles. The van der Waals surface area contributed by atoms with Crippen LogP contribution in [0.2, 0.25) is 0 Å². The Hall–Kier alpha value is -1.09. The van der Waals surface area contributed by atoms with Crippen LogP contribution in [-0.4, -0.2) is 17.8 Å². The average molecular weight is 225 g/mol. The van der Waals surface area contributed by atoms with Crippen LogP contribution >= 0.6 is 0 Å². The van der Waals surface area contributed by atoms with Gasteiger partial charge in [0.2, 0.25) is 0 Å². The van der Waals surface area contributed by atoms with E-state index in [4.69, 9.17) is 4.74 Å². The highest BCUT2D eigenvalue weighted by Crippen LogP contribution is 1.98. The van der Waals surface area contributed by atoms with Gasteiger partial charge in [0.25, 0.3) is 5.56 Å². The first-order valence-corrected chi connectivity index (χ1v) is 5.89. The largest absolute Gasteiger partial charge is 0.380 e. The monoisotopic (exact) mass is 225 g/mol. The summed E-state index contributed by atoms with van der Waals surface area (Å²) in [5.74, 6) is 0. The molecule has 0 aliphatic rings. The number of ether oxygens (including phenoxy) is 1. The van der Waals surface area contributed by atoms with Crippen LogP contribution in [0.1, 0.15) is 33.3 Å². The third-order valence-corrected chi connectivity index (χ3v) is 2.31. The Balaban J connectivity index is 0.00000106. The van der Waals surface area contributed by atoms with Gasteiger partial charge in [-0.1, -0.05) is 26.8 Å². The molecule has 1 aromatic heterocycles. The van der Waals surface area contributed by atoms with Crippen LogP contribution in [0.25, 0.3) is 0 Å². The maximum Gasteiger partial charge on any atom is 0.250 e. The van der Waals surface area contributed by atoms with Gasteiger partial charge in [0.15, 0.2) is 0 Å². The van der Waals surface area contributed by atoms with E-state index in [0.717, 1.165) is 6.42 Å². The van der Waals surface area contributed by atoms with Gasteiger partial charge in [0.1, 0.15) is 0 Å². The molecule has 0 aliphatic carbocycles. The molecule has 1 heterocycles. The van der Waals surface area contributed by atoms with Crippen molar-refractivity contribution in [3.05, 3.63) is 34.2 Å². The third kappa shape index (κ3) is 4.62. The molecule has 0 saturated carbocycles. The van der Waals surface area contributed by atoms with Crippen molar-refractivity contribution < 1.29 is 4.74 Å². The smallest absolute Gasteiger partial charge is 0.250 e. The lowest BCUT2D eigenvalue weighted by molar-refractivity contribution is 0.102. The Kier molecular flexibility index (Phi) is 7.56. The van der Waals surface area contributed by atoms with Crippen molar-refractivity contribution in [2.45, 2.75) is 46.8 Å². The van der Waals surface area contributed by atoms with Crippen LogP contribution in [0.5, 0.6) is 0 Å². The minimum Gasteiger partial charge on any atom is -0.380 e. The molecule has 0 amide bonds. The van der Waals surface area contributed by atoms with Crippen molar-refractivity contribution in [1.29, 1.82) is 0 Å². The fourth-order valence-electron chi connectivity index (χ4n) is 1.28. The molecule has 0 N–H and O–H groups in total. The fraction of sp³-hybridized carbons (Fsp3) is 0.615. The highest BCUT2D eigenvalue weighted by molar-refractivity contribution is 5.09. The van der Waals surface area contributed by atoms with E-state index in [1.54, 1.807) is 17.7 Å². The summed E-state index contributed by atoms with van der Waals surface area (Å²) in [6, 6.07) is 3.48. The molecule has 0 radical (unpaired) electrons. The molecule has 1 rings (SSSR count). The molecule has 0 aliphatic heterocycles. The standard InChI is InChI=1S/C11H17NO2.C2H6/c1-4-10-5-6-11(13)12(8-10)7-9(2)14-3;1-2/h5-6,8-9H,4,7H2,1-3H3;1-2H3. The van der Waals surface area contributed by atoms with Gasteiger partial charge in [-0.15, -0.1) is 0 Å². The first-order valence-electron chi connectivity index (χ1n) is 5.89. The predicted molar refractivity (Wildman–Crippen MR) is 67.9 cm³/mol. The molecule has 0 bridgehead atoms. The van der Waals surface area contributed by atoms with Gasteiger partial charge in [-0.2, -0.15) is 0 Å². The van der Waals surface area contributed by atoms with E-state index >= 15 is 0 Å². The summed E-state index contributed by atoms with van der Waals surface area (Å²) < 4.78 is 6.82.